The number of unbranched alkanes of at least 4 members (excludes halogenated alkanes) is 1. The molecule has 0 aliphatic heterocycles. The van der Waals surface area contributed by atoms with E-state index in [1.807, 2.05) is 13.8 Å². The zero-order valence-corrected chi connectivity index (χ0v) is 13.2. The first-order chi connectivity index (χ1) is 9.85. The van der Waals surface area contributed by atoms with Gasteiger partial charge in [-0.05, 0) is 25.7 Å². The number of nitrogens with one attached hydrogen (secondary N) is 1. The molecule has 1 amide bonds. The second kappa shape index (κ2) is 7.81. The Balaban J connectivity index is 2.77. The molecule has 1 aromatic rings. The summed E-state index contributed by atoms with van der Waals surface area (Å²) in [4.78, 5) is 23.4. The number of amides is 1. The molecule has 0 aliphatic carbocycles. The first-order valence-electron chi connectivity index (χ1n) is 7.42. The number of carbonyl (C=O) groups excluding carboxylic acids is 1. The fraction of sp³-hybridized carbons (Fsp3) is 0.667. The number of carbonyl (C=O) groups is 2. The Morgan fingerprint density at radius 1 is 1.43 bits per heavy atom. The lowest BCUT2D eigenvalue weighted by Gasteiger charge is -2.16. The van der Waals surface area contributed by atoms with Gasteiger partial charge in [0.05, 0.1) is 11.3 Å². The second-order valence-electron chi connectivity index (χ2n) is 5.74. The number of carboxylic acids is 1. The van der Waals surface area contributed by atoms with Crippen molar-refractivity contribution in [2.45, 2.75) is 59.5 Å². The van der Waals surface area contributed by atoms with Crippen LogP contribution in [0.3, 0.4) is 0 Å². The van der Waals surface area contributed by atoms with Gasteiger partial charge in [-0.1, -0.05) is 27.2 Å². The average Bonchev–Trinajstić information content (AvgIpc) is 2.76. The molecule has 0 saturated carbocycles. The highest BCUT2D eigenvalue weighted by molar-refractivity contribution is 5.97. The molecule has 0 aliphatic rings. The van der Waals surface area contributed by atoms with E-state index in [1.54, 1.807) is 17.8 Å². The minimum Gasteiger partial charge on any atom is -0.480 e. The molecule has 1 rings (SSSR count). The minimum atomic E-state index is -1.01. The Kier molecular flexibility index (Phi) is 6.39. The Labute approximate surface area is 125 Å². The van der Waals surface area contributed by atoms with E-state index in [0.29, 0.717) is 17.7 Å². The van der Waals surface area contributed by atoms with Crippen molar-refractivity contribution in [2.24, 2.45) is 5.92 Å². The lowest BCUT2D eigenvalue weighted by Crippen LogP contribution is -2.41. The fourth-order valence-electron chi connectivity index (χ4n) is 2.10. The predicted octanol–water partition coefficient (Wildman–Crippen LogP) is 2.22. The van der Waals surface area contributed by atoms with Crippen LogP contribution < -0.4 is 5.32 Å². The summed E-state index contributed by atoms with van der Waals surface area (Å²) in [6.45, 7) is 8.47. The van der Waals surface area contributed by atoms with Crippen LogP contribution >= 0.6 is 0 Å². The summed E-state index contributed by atoms with van der Waals surface area (Å²) < 4.78 is 1.74. The highest BCUT2D eigenvalue weighted by Gasteiger charge is 2.23. The Hall–Kier alpha value is -1.85. The van der Waals surface area contributed by atoms with Gasteiger partial charge >= 0.3 is 5.97 Å². The van der Waals surface area contributed by atoms with Gasteiger partial charge in [0.1, 0.15) is 6.04 Å². The van der Waals surface area contributed by atoms with E-state index in [9.17, 15) is 14.7 Å². The smallest absolute Gasteiger partial charge is 0.326 e. The molecule has 0 saturated heterocycles. The fourth-order valence-corrected chi connectivity index (χ4v) is 2.10. The molecular weight excluding hydrogens is 270 g/mol. The quantitative estimate of drug-likeness (QED) is 0.770. The summed E-state index contributed by atoms with van der Waals surface area (Å²) >= 11 is 0. The molecule has 0 aromatic carbocycles. The van der Waals surface area contributed by atoms with Gasteiger partial charge < -0.3 is 10.4 Å². The van der Waals surface area contributed by atoms with E-state index in [-0.39, 0.29) is 11.8 Å². The number of hydrogen-bond acceptors (Lipinski definition) is 3. The Morgan fingerprint density at radius 2 is 2.10 bits per heavy atom. The molecule has 1 unspecified atom stereocenters. The van der Waals surface area contributed by atoms with E-state index in [4.69, 9.17) is 0 Å². The van der Waals surface area contributed by atoms with E-state index in [0.717, 1.165) is 19.4 Å². The van der Waals surface area contributed by atoms with Crippen molar-refractivity contribution in [3.63, 3.8) is 0 Å². The van der Waals surface area contributed by atoms with E-state index in [1.165, 1.54) is 0 Å². The third kappa shape index (κ3) is 5.21. The Bertz CT molecular complexity index is 494. The van der Waals surface area contributed by atoms with Crippen LogP contribution in [0.5, 0.6) is 0 Å². The highest BCUT2D eigenvalue weighted by Crippen LogP contribution is 2.10. The Morgan fingerprint density at radius 3 is 2.62 bits per heavy atom. The van der Waals surface area contributed by atoms with Crippen LogP contribution in [-0.2, 0) is 11.3 Å². The summed E-state index contributed by atoms with van der Waals surface area (Å²) in [5.74, 6) is -1.18. The largest absolute Gasteiger partial charge is 0.480 e. The standard InChI is InChI=1S/C15H25N3O3/c1-5-6-7-18-9-12(11(4)17-18)14(19)16-13(15(20)21)8-10(2)3/h9-10,13H,5-8H2,1-4H3,(H,16,19)(H,20,21). The van der Waals surface area contributed by atoms with Crippen LogP contribution in [-0.4, -0.2) is 32.8 Å². The van der Waals surface area contributed by atoms with Gasteiger partial charge in [-0.2, -0.15) is 5.10 Å². The lowest BCUT2D eigenvalue weighted by atomic mass is 10.0. The molecule has 0 spiro atoms. The average molecular weight is 295 g/mol. The molecule has 21 heavy (non-hydrogen) atoms. The highest BCUT2D eigenvalue weighted by atomic mass is 16.4. The van der Waals surface area contributed by atoms with Gasteiger partial charge in [-0.15, -0.1) is 0 Å². The first-order valence-corrected chi connectivity index (χ1v) is 7.42. The number of aromatic nitrogens is 2. The molecule has 6 nitrogen and oxygen atoms in total. The normalized spacial score (nSPS) is 12.4. The van der Waals surface area contributed by atoms with Crippen LogP contribution in [0.2, 0.25) is 0 Å². The molecular formula is C15H25N3O3. The number of aryl methyl sites for hydroxylation is 2. The van der Waals surface area contributed by atoms with Gasteiger partial charge in [0.2, 0.25) is 0 Å². The van der Waals surface area contributed by atoms with Crippen LogP contribution in [0.15, 0.2) is 6.20 Å². The molecule has 0 fully saturated rings. The summed E-state index contributed by atoms with van der Waals surface area (Å²) in [7, 11) is 0. The van der Waals surface area contributed by atoms with E-state index < -0.39 is 12.0 Å². The summed E-state index contributed by atoms with van der Waals surface area (Å²) in [6, 6.07) is -0.865. The maximum Gasteiger partial charge on any atom is 0.326 e. The monoisotopic (exact) mass is 295 g/mol. The number of carboxylic acid groups (broad SMARTS) is 1. The third-order valence-electron chi connectivity index (χ3n) is 3.24. The SMILES string of the molecule is CCCCn1cc(C(=O)NC(CC(C)C)C(=O)O)c(C)n1. The topological polar surface area (TPSA) is 84.2 Å². The second-order valence-corrected chi connectivity index (χ2v) is 5.74. The van der Waals surface area contributed by atoms with Crippen molar-refractivity contribution in [1.29, 1.82) is 0 Å². The van der Waals surface area contributed by atoms with E-state index in [2.05, 4.69) is 17.3 Å². The summed E-state index contributed by atoms with van der Waals surface area (Å²) in [5, 5.41) is 16.0. The van der Waals surface area contributed by atoms with Crippen molar-refractivity contribution >= 4 is 11.9 Å². The maximum atomic E-state index is 12.2. The number of hydrogen-bond donors (Lipinski definition) is 2. The van der Waals surface area contributed by atoms with Crippen molar-refractivity contribution < 1.29 is 14.7 Å². The molecule has 1 aromatic heterocycles. The van der Waals surface area contributed by atoms with Crippen molar-refractivity contribution in [3.05, 3.63) is 17.5 Å². The van der Waals surface area contributed by atoms with Crippen LogP contribution in [0.4, 0.5) is 0 Å². The molecule has 0 radical (unpaired) electrons. The third-order valence-corrected chi connectivity index (χ3v) is 3.24. The maximum absolute atomic E-state index is 12.2. The lowest BCUT2D eigenvalue weighted by molar-refractivity contribution is -0.139. The van der Waals surface area contributed by atoms with Gasteiger partial charge in [-0.25, -0.2) is 4.79 Å². The molecule has 6 heteroatoms. The van der Waals surface area contributed by atoms with Gasteiger partial charge in [-0.3, -0.25) is 9.48 Å². The van der Waals surface area contributed by atoms with Crippen molar-refractivity contribution in [2.75, 3.05) is 0 Å². The number of aliphatic carboxylic acids is 1. The van der Waals surface area contributed by atoms with E-state index >= 15 is 0 Å². The minimum absolute atomic E-state index is 0.194. The number of nitrogens with zero attached hydrogens (tertiary/aromatic N) is 2. The molecule has 118 valence electrons. The van der Waals surface area contributed by atoms with Crippen LogP contribution in [0.25, 0.3) is 0 Å². The summed E-state index contributed by atoms with van der Waals surface area (Å²) in [6.07, 6.45) is 4.14. The molecule has 1 heterocycles. The van der Waals surface area contributed by atoms with Crippen LogP contribution in [0.1, 0.15) is 56.1 Å². The first kappa shape index (κ1) is 17.2. The van der Waals surface area contributed by atoms with Gasteiger partial charge in [0.15, 0.2) is 0 Å². The predicted molar refractivity (Wildman–Crippen MR) is 80.2 cm³/mol. The zero-order valence-electron chi connectivity index (χ0n) is 13.2. The van der Waals surface area contributed by atoms with Crippen molar-refractivity contribution in [1.82, 2.24) is 15.1 Å². The molecule has 2 N–H and O–H groups in total. The van der Waals surface area contributed by atoms with Crippen LogP contribution in [0, 0.1) is 12.8 Å². The van der Waals surface area contributed by atoms with Gasteiger partial charge in [0, 0.05) is 12.7 Å². The molecule has 0 bridgehead atoms. The molecule has 1 atom stereocenters. The van der Waals surface area contributed by atoms with Crippen molar-refractivity contribution in [3.8, 4) is 0 Å². The zero-order chi connectivity index (χ0) is 16.0. The number of rotatable bonds is 8. The summed E-state index contributed by atoms with van der Waals surface area (Å²) in [5.41, 5.74) is 1.07. The van der Waals surface area contributed by atoms with Gasteiger partial charge in [0.25, 0.3) is 5.91 Å².